The molecule has 1 aromatic rings. The van der Waals surface area contributed by atoms with E-state index in [1.165, 1.54) is 4.90 Å². The predicted octanol–water partition coefficient (Wildman–Crippen LogP) is 5.51. The molecule has 1 aliphatic rings. The molecule has 7 heteroatoms. The zero-order valence-corrected chi connectivity index (χ0v) is 16.7. The molecule has 1 aromatic carbocycles. The third-order valence-corrected chi connectivity index (χ3v) is 3.95. The molecule has 1 radical (unpaired) electrons. The van der Waals surface area contributed by atoms with Gasteiger partial charge in [0.05, 0.1) is 6.54 Å². The summed E-state index contributed by atoms with van der Waals surface area (Å²) in [6.07, 6.45) is 2.07. The van der Waals surface area contributed by atoms with Gasteiger partial charge in [-0.15, -0.1) is 22.0 Å². The Morgan fingerprint density at radius 3 is 2.57 bits per heavy atom. The minimum absolute atomic E-state index is 0. The molecule has 0 saturated carbocycles. The standard InChI is InChI=1S/C14H9BrCl2F2N.Y/c1-8-11(15)4-5-13(20(8)7-14(18)19)10-3-2-9(16)6-12(10)17;/h2-4,6,14H,1,7H2;/q-1;. The van der Waals surface area contributed by atoms with Crippen LogP contribution in [0.4, 0.5) is 8.78 Å². The zero-order chi connectivity index (χ0) is 14.9. The maximum Gasteiger partial charge on any atom is 0.256 e. The van der Waals surface area contributed by atoms with Crippen LogP contribution in [0.3, 0.4) is 0 Å². The van der Waals surface area contributed by atoms with Crippen molar-refractivity contribution in [3.8, 4) is 0 Å². The van der Waals surface area contributed by atoms with Crippen molar-refractivity contribution < 1.29 is 41.5 Å². The van der Waals surface area contributed by atoms with Gasteiger partial charge in [0.1, 0.15) is 0 Å². The minimum Gasteiger partial charge on any atom is -0.369 e. The Morgan fingerprint density at radius 2 is 2.00 bits per heavy atom. The summed E-state index contributed by atoms with van der Waals surface area (Å²) < 4.78 is 26.1. The Bertz CT molecular complexity index is 617. The number of nitrogens with zero attached hydrogens (tertiary/aromatic N) is 1. The molecule has 1 aliphatic heterocycles. The predicted molar refractivity (Wildman–Crippen MR) is 82.0 cm³/mol. The van der Waals surface area contributed by atoms with Crippen LogP contribution in [0, 0.1) is 6.08 Å². The summed E-state index contributed by atoms with van der Waals surface area (Å²) in [6, 6.07) is 4.88. The fourth-order valence-corrected chi connectivity index (χ4v) is 2.63. The smallest absolute Gasteiger partial charge is 0.256 e. The molecule has 1 nitrogen and oxygen atoms in total. The molecular weight excluding hydrogens is 460 g/mol. The van der Waals surface area contributed by atoms with Gasteiger partial charge < -0.3 is 4.90 Å². The summed E-state index contributed by atoms with van der Waals surface area (Å²) >= 11 is 15.2. The number of rotatable bonds is 3. The van der Waals surface area contributed by atoms with E-state index in [0.29, 0.717) is 31.5 Å². The topological polar surface area (TPSA) is 3.24 Å². The fraction of sp³-hybridized carbons (Fsp3) is 0.143. The normalized spacial score (nSPS) is 14.8. The van der Waals surface area contributed by atoms with Gasteiger partial charge in [-0.2, -0.15) is 12.2 Å². The van der Waals surface area contributed by atoms with Crippen LogP contribution in [0.5, 0.6) is 0 Å². The molecule has 0 bridgehead atoms. The van der Waals surface area contributed by atoms with Crippen LogP contribution in [-0.2, 0) is 32.7 Å². The first kappa shape index (κ1) is 19.3. The Kier molecular flexibility index (Phi) is 7.55. The van der Waals surface area contributed by atoms with Gasteiger partial charge in [0.25, 0.3) is 6.43 Å². The first-order chi connectivity index (χ1) is 9.40. The van der Waals surface area contributed by atoms with E-state index in [-0.39, 0.29) is 32.7 Å². The first-order valence-corrected chi connectivity index (χ1v) is 7.14. The summed E-state index contributed by atoms with van der Waals surface area (Å²) in [5, 5.41) is 0.851. The van der Waals surface area contributed by atoms with Gasteiger partial charge in [0.15, 0.2) is 0 Å². The van der Waals surface area contributed by atoms with E-state index < -0.39 is 13.0 Å². The van der Waals surface area contributed by atoms with Gasteiger partial charge in [-0.25, -0.2) is 8.78 Å². The molecule has 0 unspecified atom stereocenters. The summed E-state index contributed by atoms with van der Waals surface area (Å²) in [7, 11) is 0. The number of benzene rings is 1. The number of halogens is 5. The van der Waals surface area contributed by atoms with Gasteiger partial charge in [0.2, 0.25) is 0 Å². The van der Waals surface area contributed by atoms with Crippen molar-refractivity contribution in [1.82, 2.24) is 4.90 Å². The van der Waals surface area contributed by atoms with E-state index in [9.17, 15) is 8.78 Å². The van der Waals surface area contributed by atoms with Crippen molar-refractivity contribution in [3.63, 3.8) is 0 Å². The van der Waals surface area contributed by atoms with Crippen LogP contribution in [0.25, 0.3) is 5.70 Å². The average molecular weight is 469 g/mol. The van der Waals surface area contributed by atoms with E-state index in [4.69, 9.17) is 23.2 Å². The van der Waals surface area contributed by atoms with Crippen molar-refractivity contribution in [3.05, 3.63) is 62.7 Å². The molecule has 21 heavy (non-hydrogen) atoms. The second-order valence-corrected chi connectivity index (χ2v) is 5.76. The van der Waals surface area contributed by atoms with Crippen LogP contribution >= 0.6 is 39.1 Å². The first-order valence-electron chi connectivity index (χ1n) is 5.59. The second-order valence-electron chi connectivity index (χ2n) is 4.06. The quantitative estimate of drug-likeness (QED) is 0.529. The van der Waals surface area contributed by atoms with Gasteiger partial charge in [-0.1, -0.05) is 51.6 Å². The molecule has 0 saturated heterocycles. The molecule has 0 N–H and O–H groups in total. The van der Waals surface area contributed by atoms with Crippen molar-refractivity contribution in [2.75, 3.05) is 6.54 Å². The second kappa shape index (κ2) is 8.21. The van der Waals surface area contributed by atoms with E-state index in [1.807, 2.05) is 0 Å². The summed E-state index contributed by atoms with van der Waals surface area (Å²) in [5.41, 5.74) is 1.46. The van der Waals surface area contributed by atoms with E-state index in [0.717, 1.165) is 0 Å². The molecule has 0 atom stereocenters. The number of allylic oxidation sites excluding steroid dienone is 3. The Hall–Kier alpha value is 0.264. The van der Waals surface area contributed by atoms with E-state index in [2.05, 4.69) is 28.6 Å². The minimum atomic E-state index is -2.51. The van der Waals surface area contributed by atoms with E-state index >= 15 is 0 Å². The summed E-state index contributed by atoms with van der Waals surface area (Å²) in [4.78, 5) is 1.38. The Labute approximate surface area is 165 Å². The van der Waals surface area contributed by atoms with Gasteiger partial charge in [-0.3, -0.25) is 0 Å². The molecule has 0 fully saturated rings. The molecule has 1 heterocycles. The Morgan fingerprint density at radius 1 is 1.33 bits per heavy atom. The average Bonchev–Trinajstić information content (AvgIpc) is 2.36. The monoisotopic (exact) mass is 467 g/mol. The van der Waals surface area contributed by atoms with Crippen LogP contribution in [0.2, 0.25) is 10.0 Å². The van der Waals surface area contributed by atoms with Crippen LogP contribution in [0.1, 0.15) is 5.56 Å². The molecule has 0 aromatic heterocycles. The fourth-order valence-electron chi connectivity index (χ4n) is 1.80. The van der Waals surface area contributed by atoms with Crippen molar-refractivity contribution in [2.24, 2.45) is 0 Å². The maximum atomic E-state index is 12.8. The van der Waals surface area contributed by atoms with Crippen LogP contribution in [0.15, 0.2) is 41.0 Å². The molecule has 0 spiro atoms. The maximum absolute atomic E-state index is 12.8. The molecule has 0 aliphatic carbocycles. The number of hydrogen-bond donors (Lipinski definition) is 0. The van der Waals surface area contributed by atoms with Crippen molar-refractivity contribution >= 4 is 44.8 Å². The van der Waals surface area contributed by atoms with E-state index in [1.54, 1.807) is 24.3 Å². The zero-order valence-electron chi connectivity index (χ0n) is 10.7. The summed E-state index contributed by atoms with van der Waals surface area (Å²) in [5.74, 6) is 0. The number of hydrogen-bond acceptors (Lipinski definition) is 1. The van der Waals surface area contributed by atoms with Crippen LogP contribution in [-0.4, -0.2) is 17.9 Å². The SMILES string of the molecule is C=C1C(Br)=C[C-]=C(c2ccc(Cl)cc2Cl)N1CC(F)F.[Y]. The third kappa shape index (κ3) is 4.62. The van der Waals surface area contributed by atoms with Gasteiger partial charge >= 0.3 is 0 Å². The van der Waals surface area contributed by atoms with Gasteiger partial charge in [-0.05, 0) is 16.8 Å². The largest absolute Gasteiger partial charge is 0.369 e. The van der Waals surface area contributed by atoms with Crippen molar-refractivity contribution in [1.29, 1.82) is 0 Å². The molecule has 109 valence electrons. The third-order valence-electron chi connectivity index (χ3n) is 2.71. The molecule has 2 rings (SSSR count). The number of alkyl halides is 2. The molecular formula is C14H9BrCl2F2NY-. The van der Waals surface area contributed by atoms with Gasteiger partial charge in [0, 0.05) is 37.7 Å². The van der Waals surface area contributed by atoms with Crippen molar-refractivity contribution in [2.45, 2.75) is 6.43 Å². The summed E-state index contributed by atoms with van der Waals surface area (Å²) in [6.45, 7) is 3.32. The van der Waals surface area contributed by atoms with Crippen LogP contribution < -0.4 is 0 Å². The Balaban J connectivity index is 0.00000220. The molecule has 0 amide bonds.